The Morgan fingerprint density at radius 1 is 1.32 bits per heavy atom. The lowest BCUT2D eigenvalue weighted by atomic mass is 10.00. The average molecular weight is 371 g/mol. The molecule has 2 saturated heterocycles. The third-order valence-electron chi connectivity index (χ3n) is 5.13. The Balaban J connectivity index is 0.00000225. The first-order chi connectivity index (χ1) is 11.6. The molecule has 1 aromatic carbocycles. The van der Waals surface area contributed by atoms with Crippen molar-refractivity contribution in [3.05, 3.63) is 29.6 Å². The summed E-state index contributed by atoms with van der Waals surface area (Å²) in [4.78, 5) is 16.9. The Kier molecular flexibility index (Phi) is 7.04. The fraction of sp³-hybridized carbons (Fsp3) is 0.611. The summed E-state index contributed by atoms with van der Waals surface area (Å²) < 4.78 is 13.8. The van der Waals surface area contributed by atoms with E-state index in [1.807, 2.05) is 13.0 Å². The number of nitrogens with zero attached hydrogens (tertiary/aromatic N) is 2. The van der Waals surface area contributed by atoms with Crippen LogP contribution in [0.2, 0.25) is 0 Å². The Hall–Kier alpha value is -1.37. The molecule has 2 N–H and O–H groups in total. The minimum atomic E-state index is -0.257. The molecule has 3 rings (SSSR count). The molecule has 0 spiro atoms. The summed E-state index contributed by atoms with van der Waals surface area (Å²) in [6, 6.07) is 4.72. The monoisotopic (exact) mass is 370 g/mol. The number of rotatable bonds is 5. The van der Waals surface area contributed by atoms with E-state index in [4.69, 9.17) is 0 Å². The molecule has 140 valence electrons. The summed E-state index contributed by atoms with van der Waals surface area (Å²) in [7, 11) is 0. The fourth-order valence-electron chi connectivity index (χ4n) is 3.35. The minimum absolute atomic E-state index is 0. The summed E-state index contributed by atoms with van der Waals surface area (Å²) in [5.74, 6) is -0.169. The van der Waals surface area contributed by atoms with Crippen molar-refractivity contribution in [2.45, 2.75) is 19.9 Å². The number of hydrogen-bond acceptors (Lipinski definition) is 4. The highest BCUT2D eigenvalue weighted by Crippen LogP contribution is 2.28. The second kappa shape index (κ2) is 8.83. The molecule has 1 aromatic rings. The highest BCUT2D eigenvalue weighted by atomic mass is 35.5. The summed E-state index contributed by atoms with van der Waals surface area (Å²) >= 11 is 0. The van der Waals surface area contributed by atoms with E-state index in [0.717, 1.165) is 57.1 Å². The molecule has 5 nitrogen and oxygen atoms in total. The molecule has 1 unspecified atom stereocenters. The average Bonchev–Trinajstić information content (AvgIpc) is 2.53. The molecule has 0 aromatic heterocycles. The minimum Gasteiger partial charge on any atom is -0.369 e. The van der Waals surface area contributed by atoms with Gasteiger partial charge in [0.25, 0.3) is 0 Å². The van der Waals surface area contributed by atoms with Crippen LogP contribution in [0, 0.1) is 11.7 Å². The summed E-state index contributed by atoms with van der Waals surface area (Å²) in [6.45, 7) is 10.5. The Labute approximate surface area is 155 Å². The first kappa shape index (κ1) is 19.9. The van der Waals surface area contributed by atoms with E-state index in [9.17, 15) is 9.18 Å². The second-order valence-electron chi connectivity index (χ2n) is 6.71. The zero-order valence-corrected chi connectivity index (χ0v) is 15.7. The summed E-state index contributed by atoms with van der Waals surface area (Å²) in [5, 5.41) is 6.15. The molecule has 2 aliphatic heterocycles. The molecule has 0 saturated carbocycles. The maximum atomic E-state index is 13.8. The van der Waals surface area contributed by atoms with Crippen LogP contribution in [0.5, 0.6) is 0 Å². The van der Waals surface area contributed by atoms with Gasteiger partial charge >= 0.3 is 0 Å². The van der Waals surface area contributed by atoms with Gasteiger partial charge in [-0.25, -0.2) is 4.39 Å². The molecule has 0 radical (unpaired) electrons. The maximum Gasteiger partial charge on any atom is 0.226 e. The normalized spacial score (nSPS) is 19.7. The van der Waals surface area contributed by atoms with Crippen LogP contribution in [0.15, 0.2) is 18.2 Å². The predicted molar refractivity (Wildman–Crippen MR) is 101 cm³/mol. The molecule has 7 heteroatoms. The lowest BCUT2D eigenvalue weighted by molar-refractivity contribution is -0.127. The molecule has 0 bridgehead atoms. The van der Waals surface area contributed by atoms with E-state index < -0.39 is 0 Å². The number of benzene rings is 1. The molecule has 2 aliphatic rings. The number of likely N-dealkylation sites (N-methyl/N-ethyl adjacent to an activating group) is 1. The molecule has 1 atom stereocenters. The Morgan fingerprint density at radius 3 is 2.56 bits per heavy atom. The number of hydrogen-bond donors (Lipinski definition) is 2. The van der Waals surface area contributed by atoms with Gasteiger partial charge in [0, 0.05) is 50.5 Å². The molecular formula is C18H28ClFN4O. The van der Waals surface area contributed by atoms with Crippen LogP contribution in [-0.2, 0) is 4.79 Å². The van der Waals surface area contributed by atoms with Gasteiger partial charge in [-0.05, 0) is 31.7 Å². The first-order valence-corrected chi connectivity index (χ1v) is 8.86. The van der Waals surface area contributed by atoms with Crippen LogP contribution >= 0.6 is 12.4 Å². The predicted octanol–water partition coefficient (Wildman–Crippen LogP) is 1.79. The van der Waals surface area contributed by atoms with Gasteiger partial charge < -0.3 is 20.4 Å². The van der Waals surface area contributed by atoms with E-state index in [0.29, 0.717) is 0 Å². The number of halogens is 2. The fourth-order valence-corrected chi connectivity index (χ4v) is 3.35. The standard InChI is InChI=1S/C18H27FN4O.ClH/c1-3-22-6-8-23(9-7-22)17-5-4-15(19)10-16(17)13(2)21-18(24)14-11-20-12-14;/h4-5,10,13-14,20H,3,6-9,11-12H2,1-2H3,(H,21,24);1H. The number of amides is 1. The van der Waals surface area contributed by atoms with Gasteiger partial charge in [-0.1, -0.05) is 6.92 Å². The van der Waals surface area contributed by atoms with Crippen molar-refractivity contribution in [2.24, 2.45) is 5.92 Å². The Bertz CT molecular complexity index is 588. The third-order valence-corrected chi connectivity index (χ3v) is 5.13. The van der Waals surface area contributed by atoms with Crippen LogP contribution in [0.1, 0.15) is 25.5 Å². The van der Waals surface area contributed by atoms with Crippen LogP contribution in [0.25, 0.3) is 0 Å². The quantitative estimate of drug-likeness (QED) is 0.829. The smallest absolute Gasteiger partial charge is 0.226 e. The number of carbonyl (C=O) groups is 1. The highest BCUT2D eigenvalue weighted by molar-refractivity contribution is 5.85. The molecule has 0 aliphatic carbocycles. The Morgan fingerprint density at radius 2 is 2.00 bits per heavy atom. The van der Waals surface area contributed by atoms with Gasteiger partial charge in [-0.3, -0.25) is 4.79 Å². The first-order valence-electron chi connectivity index (χ1n) is 8.86. The van der Waals surface area contributed by atoms with Crippen molar-refractivity contribution in [2.75, 3.05) is 50.7 Å². The lowest BCUT2D eigenvalue weighted by Gasteiger charge is -2.37. The summed E-state index contributed by atoms with van der Waals surface area (Å²) in [5.41, 5.74) is 1.90. The van der Waals surface area contributed by atoms with Crippen LogP contribution in [0.4, 0.5) is 10.1 Å². The van der Waals surface area contributed by atoms with E-state index in [-0.39, 0.29) is 36.1 Å². The van der Waals surface area contributed by atoms with E-state index in [1.165, 1.54) is 6.07 Å². The van der Waals surface area contributed by atoms with Gasteiger partial charge in [-0.2, -0.15) is 0 Å². The largest absolute Gasteiger partial charge is 0.369 e. The van der Waals surface area contributed by atoms with E-state index in [2.05, 4.69) is 27.4 Å². The number of carbonyl (C=O) groups excluding carboxylic acids is 1. The van der Waals surface area contributed by atoms with Crippen LogP contribution in [0.3, 0.4) is 0 Å². The number of nitrogens with one attached hydrogen (secondary N) is 2. The van der Waals surface area contributed by atoms with Gasteiger partial charge in [0.1, 0.15) is 5.82 Å². The van der Waals surface area contributed by atoms with Gasteiger partial charge in [0.05, 0.1) is 12.0 Å². The maximum absolute atomic E-state index is 13.8. The highest BCUT2D eigenvalue weighted by Gasteiger charge is 2.27. The van der Waals surface area contributed by atoms with Crippen molar-refractivity contribution in [1.29, 1.82) is 0 Å². The second-order valence-corrected chi connectivity index (χ2v) is 6.71. The third kappa shape index (κ3) is 4.63. The molecule has 1 amide bonds. The zero-order valence-electron chi connectivity index (χ0n) is 14.9. The van der Waals surface area contributed by atoms with E-state index in [1.54, 1.807) is 6.07 Å². The summed E-state index contributed by atoms with van der Waals surface area (Å²) in [6.07, 6.45) is 0. The lowest BCUT2D eigenvalue weighted by Crippen LogP contribution is -2.51. The molecular weight excluding hydrogens is 343 g/mol. The zero-order chi connectivity index (χ0) is 17.1. The van der Waals surface area contributed by atoms with Crippen molar-refractivity contribution < 1.29 is 9.18 Å². The molecule has 25 heavy (non-hydrogen) atoms. The van der Waals surface area contributed by atoms with Crippen LogP contribution in [-0.4, -0.2) is 56.6 Å². The topological polar surface area (TPSA) is 47.6 Å². The molecule has 2 fully saturated rings. The van der Waals surface area contributed by atoms with E-state index >= 15 is 0 Å². The number of anilines is 1. The van der Waals surface area contributed by atoms with Gasteiger partial charge in [0.15, 0.2) is 0 Å². The van der Waals surface area contributed by atoms with Gasteiger partial charge in [0.2, 0.25) is 5.91 Å². The van der Waals surface area contributed by atoms with Crippen molar-refractivity contribution in [3.8, 4) is 0 Å². The number of piperazine rings is 1. The van der Waals surface area contributed by atoms with Crippen LogP contribution < -0.4 is 15.5 Å². The van der Waals surface area contributed by atoms with Crippen molar-refractivity contribution >= 4 is 24.0 Å². The van der Waals surface area contributed by atoms with Crippen molar-refractivity contribution in [1.82, 2.24) is 15.5 Å². The van der Waals surface area contributed by atoms with Gasteiger partial charge in [-0.15, -0.1) is 12.4 Å². The molecule has 2 heterocycles. The van der Waals surface area contributed by atoms with Crippen molar-refractivity contribution in [3.63, 3.8) is 0 Å². The SMILES string of the molecule is CCN1CCN(c2ccc(F)cc2C(C)NC(=O)C2CNC2)CC1.Cl.